The Morgan fingerprint density at radius 2 is 1.71 bits per heavy atom. The molecule has 1 N–H and O–H groups in total. The van der Waals surface area contributed by atoms with E-state index in [1.54, 1.807) is 49.3 Å². The summed E-state index contributed by atoms with van der Waals surface area (Å²) in [5, 5.41) is 2.86. The molecule has 2 rings (SSSR count). The Kier molecular flexibility index (Phi) is 4.53. The van der Waals surface area contributed by atoms with Crippen LogP contribution in [0.1, 0.15) is 11.1 Å². The Bertz CT molecular complexity index is 594. The molecule has 0 aromatic heterocycles. The van der Waals surface area contributed by atoms with Gasteiger partial charge in [-0.3, -0.25) is 0 Å². The van der Waals surface area contributed by atoms with Crippen LogP contribution >= 0.6 is 0 Å². The number of anilines is 2. The first kappa shape index (κ1) is 15.4. The summed E-state index contributed by atoms with van der Waals surface area (Å²) < 4.78 is 39.9. The molecule has 2 aromatic rings. The lowest BCUT2D eigenvalue weighted by molar-refractivity contribution is -0.137. The minimum absolute atomic E-state index is 0.147. The average molecular weight is 294 g/mol. The summed E-state index contributed by atoms with van der Waals surface area (Å²) in [6.07, 6.45) is -4.39. The topological polar surface area (TPSA) is 15.3 Å². The van der Waals surface area contributed by atoms with Gasteiger partial charge in [-0.15, -0.1) is 0 Å². The van der Waals surface area contributed by atoms with Gasteiger partial charge in [-0.05, 0) is 36.9 Å². The van der Waals surface area contributed by atoms with E-state index in [2.05, 4.69) is 5.32 Å². The van der Waals surface area contributed by atoms with Crippen LogP contribution in [0.15, 0.2) is 48.5 Å². The van der Waals surface area contributed by atoms with Gasteiger partial charge in [0.05, 0.1) is 11.3 Å². The molecule has 5 heteroatoms. The van der Waals surface area contributed by atoms with Gasteiger partial charge in [0.1, 0.15) is 0 Å². The summed E-state index contributed by atoms with van der Waals surface area (Å²) in [6, 6.07) is 13.4. The quantitative estimate of drug-likeness (QED) is 0.909. The molecular formula is C16H17F3N2. The van der Waals surface area contributed by atoms with E-state index >= 15 is 0 Å². The van der Waals surface area contributed by atoms with E-state index in [0.717, 1.165) is 0 Å². The summed E-state index contributed by atoms with van der Waals surface area (Å²) in [5.41, 5.74) is 0.842. The number of benzene rings is 2. The summed E-state index contributed by atoms with van der Waals surface area (Å²) >= 11 is 0. The van der Waals surface area contributed by atoms with Crippen molar-refractivity contribution in [2.75, 3.05) is 19.0 Å². The van der Waals surface area contributed by atoms with Gasteiger partial charge in [0, 0.05) is 19.3 Å². The van der Waals surface area contributed by atoms with Crippen molar-refractivity contribution in [2.45, 2.75) is 12.7 Å². The van der Waals surface area contributed by atoms with Gasteiger partial charge in [0.15, 0.2) is 0 Å². The molecule has 0 heterocycles. The molecule has 0 aliphatic carbocycles. The molecule has 0 spiro atoms. The van der Waals surface area contributed by atoms with E-state index in [-0.39, 0.29) is 5.69 Å². The maximum atomic E-state index is 13.3. The number of alkyl halides is 3. The molecule has 2 aromatic carbocycles. The molecule has 0 fully saturated rings. The monoisotopic (exact) mass is 294 g/mol. The minimum Gasteiger partial charge on any atom is -0.344 e. The summed E-state index contributed by atoms with van der Waals surface area (Å²) in [7, 11) is 3.34. The second-order valence-corrected chi connectivity index (χ2v) is 4.77. The van der Waals surface area contributed by atoms with Crippen LogP contribution in [0.4, 0.5) is 24.5 Å². The molecule has 112 valence electrons. The fourth-order valence-corrected chi connectivity index (χ4v) is 2.21. The molecule has 0 aliphatic rings. The molecule has 0 saturated carbocycles. The highest BCUT2D eigenvalue weighted by Crippen LogP contribution is 2.39. The highest BCUT2D eigenvalue weighted by Gasteiger charge is 2.34. The van der Waals surface area contributed by atoms with Crippen molar-refractivity contribution in [1.82, 2.24) is 5.32 Å². The molecule has 0 atom stereocenters. The van der Waals surface area contributed by atoms with Gasteiger partial charge < -0.3 is 10.2 Å². The van der Waals surface area contributed by atoms with E-state index in [9.17, 15) is 13.2 Å². The zero-order chi connectivity index (χ0) is 15.5. The van der Waals surface area contributed by atoms with Gasteiger partial charge in [0.25, 0.3) is 0 Å². The van der Waals surface area contributed by atoms with Crippen molar-refractivity contribution < 1.29 is 13.2 Å². The lowest BCUT2D eigenvalue weighted by atomic mass is 10.1. The number of hydrogen-bond acceptors (Lipinski definition) is 2. The zero-order valence-corrected chi connectivity index (χ0v) is 11.9. The van der Waals surface area contributed by atoms with Crippen molar-refractivity contribution in [3.63, 3.8) is 0 Å². The van der Waals surface area contributed by atoms with Gasteiger partial charge in [-0.2, -0.15) is 13.2 Å². The summed E-state index contributed by atoms with van der Waals surface area (Å²) in [6.45, 7) is 0.401. The standard InChI is InChI=1S/C16H17F3N2/c1-20-11-12-8-9-15(14(10-12)16(17,18)19)21(2)13-6-4-3-5-7-13/h3-10,20H,11H2,1-2H3. The fourth-order valence-electron chi connectivity index (χ4n) is 2.21. The molecule has 0 aliphatic heterocycles. The molecular weight excluding hydrogens is 277 g/mol. The third-order valence-corrected chi connectivity index (χ3v) is 3.25. The van der Waals surface area contributed by atoms with Crippen LogP contribution in [0.3, 0.4) is 0 Å². The number of halogens is 3. The average Bonchev–Trinajstić information content (AvgIpc) is 2.47. The highest BCUT2D eigenvalue weighted by molar-refractivity contribution is 5.66. The maximum Gasteiger partial charge on any atom is 0.418 e. The predicted molar refractivity (Wildman–Crippen MR) is 78.7 cm³/mol. The molecule has 0 bridgehead atoms. The van der Waals surface area contributed by atoms with Crippen molar-refractivity contribution in [3.05, 3.63) is 59.7 Å². The molecule has 0 amide bonds. The van der Waals surface area contributed by atoms with Crippen molar-refractivity contribution >= 4 is 11.4 Å². The van der Waals surface area contributed by atoms with E-state index in [4.69, 9.17) is 0 Å². The lowest BCUT2D eigenvalue weighted by Crippen LogP contribution is -2.17. The Morgan fingerprint density at radius 1 is 1.05 bits per heavy atom. The molecule has 0 saturated heterocycles. The normalized spacial score (nSPS) is 11.5. The second kappa shape index (κ2) is 6.18. The third-order valence-electron chi connectivity index (χ3n) is 3.25. The van der Waals surface area contributed by atoms with E-state index in [1.165, 1.54) is 12.1 Å². The number of nitrogens with one attached hydrogen (secondary N) is 1. The Labute approximate surface area is 122 Å². The highest BCUT2D eigenvalue weighted by atomic mass is 19.4. The van der Waals surface area contributed by atoms with E-state index in [1.807, 2.05) is 6.07 Å². The number of para-hydroxylation sites is 1. The van der Waals surface area contributed by atoms with Crippen molar-refractivity contribution in [2.24, 2.45) is 0 Å². The van der Waals surface area contributed by atoms with Crippen molar-refractivity contribution in [3.8, 4) is 0 Å². The van der Waals surface area contributed by atoms with Gasteiger partial charge in [-0.1, -0.05) is 24.3 Å². The second-order valence-electron chi connectivity index (χ2n) is 4.77. The largest absolute Gasteiger partial charge is 0.418 e. The van der Waals surface area contributed by atoms with E-state index < -0.39 is 11.7 Å². The number of nitrogens with zero attached hydrogens (tertiary/aromatic N) is 1. The SMILES string of the molecule is CNCc1ccc(N(C)c2ccccc2)c(C(F)(F)F)c1. The first-order chi connectivity index (χ1) is 9.93. The lowest BCUT2D eigenvalue weighted by Gasteiger charge is -2.24. The van der Waals surface area contributed by atoms with Crippen LogP contribution in [-0.4, -0.2) is 14.1 Å². The zero-order valence-electron chi connectivity index (χ0n) is 11.9. The summed E-state index contributed by atoms with van der Waals surface area (Å²) in [5.74, 6) is 0. The van der Waals surface area contributed by atoms with Crippen LogP contribution in [0.2, 0.25) is 0 Å². The van der Waals surface area contributed by atoms with Crippen LogP contribution in [0, 0.1) is 0 Å². The number of hydrogen-bond donors (Lipinski definition) is 1. The first-order valence-corrected chi connectivity index (χ1v) is 6.57. The molecule has 0 unspecified atom stereocenters. The van der Waals surface area contributed by atoms with Gasteiger partial charge >= 0.3 is 6.18 Å². The molecule has 21 heavy (non-hydrogen) atoms. The van der Waals surface area contributed by atoms with Crippen LogP contribution in [0.25, 0.3) is 0 Å². The van der Waals surface area contributed by atoms with Crippen LogP contribution in [-0.2, 0) is 12.7 Å². The van der Waals surface area contributed by atoms with Crippen molar-refractivity contribution in [1.29, 1.82) is 0 Å². The Balaban J connectivity index is 2.47. The predicted octanol–water partition coefficient (Wildman–Crippen LogP) is 4.19. The third kappa shape index (κ3) is 3.55. The van der Waals surface area contributed by atoms with Crippen LogP contribution < -0.4 is 10.2 Å². The van der Waals surface area contributed by atoms with Gasteiger partial charge in [0.2, 0.25) is 0 Å². The maximum absolute atomic E-state index is 13.3. The number of rotatable bonds is 4. The minimum atomic E-state index is -4.39. The van der Waals surface area contributed by atoms with Gasteiger partial charge in [-0.25, -0.2) is 0 Å². The Hall–Kier alpha value is -2.01. The first-order valence-electron chi connectivity index (χ1n) is 6.57. The van der Waals surface area contributed by atoms with E-state index in [0.29, 0.717) is 17.8 Å². The Morgan fingerprint density at radius 3 is 2.29 bits per heavy atom. The molecule has 0 radical (unpaired) electrons. The molecule has 2 nitrogen and oxygen atoms in total. The van der Waals surface area contributed by atoms with Crippen LogP contribution in [0.5, 0.6) is 0 Å². The fraction of sp³-hybridized carbons (Fsp3) is 0.250. The smallest absolute Gasteiger partial charge is 0.344 e. The summed E-state index contributed by atoms with van der Waals surface area (Å²) in [4.78, 5) is 1.55.